The van der Waals surface area contributed by atoms with Crippen LogP contribution in [0.3, 0.4) is 0 Å². The largest absolute Gasteiger partial charge is 0.373 e. The second kappa shape index (κ2) is 6.07. The van der Waals surface area contributed by atoms with Crippen molar-refractivity contribution in [2.45, 2.75) is 46.1 Å². The summed E-state index contributed by atoms with van der Waals surface area (Å²) in [6.45, 7) is 2.27. The zero-order valence-corrected chi connectivity index (χ0v) is 19.0. The molecule has 0 spiro atoms. The van der Waals surface area contributed by atoms with Crippen LogP contribution in [-0.4, -0.2) is 49.8 Å². The van der Waals surface area contributed by atoms with E-state index < -0.39 is 61.8 Å². The molecule has 11 heteroatoms. The standard InChI is InChI=1S/C17H15Cl6NO4/c1-2-3-4-27-24-13(25)5-6(14(24)26)10-8-7(9(5)28-10)15(20)11(18)12(19)16(8,21)17(15,22)23/h5-10H,2-4H2,1H3/t5-,6+,7-,8-,9-,10-,15+,16+/m0/s1. The number of hydrogen-bond donors (Lipinski definition) is 0. The summed E-state index contributed by atoms with van der Waals surface area (Å²) in [5.74, 6) is -3.47. The Hall–Kier alpha value is 0.540. The molecule has 5 aliphatic rings. The van der Waals surface area contributed by atoms with Crippen LogP contribution in [0.4, 0.5) is 0 Å². The molecule has 3 heterocycles. The van der Waals surface area contributed by atoms with Crippen LogP contribution >= 0.6 is 69.6 Å². The first-order chi connectivity index (χ1) is 13.1. The lowest BCUT2D eigenvalue weighted by Crippen LogP contribution is -2.50. The Bertz CT molecular complexity index is 776. The molecule has 2 aliphatic carbocycles. The summed E-state index contributed by atoms with van der Waals surface area (Å²) >= 11 is 39.9. The highest BCUT2D eigenvalue weighted by Crippen LogP contribution is 2.81. The van der Waals surface area contributed by atoms with Crippen LogP contribution in [0.2, 0.25) is 0 Å². The number of nitrogens with zero attached hydrogens (tertiary/aromatic N) is 1. The molecule has 0 aromatic carbocycles. The maximum Gasteiger partial charge on any atom is 0.260 e. The SMILES string of the molecule is CCCCON1C(=O)[C@@H]2[C@@H]3O[C@@H]([C@@H]2C1=O)[C@@H]1[C@@H]3[C@@]2(Cl)C(Cl)=C(Cl)[C@@]1(Cl)C2(Cl)Cl. The number of unbranched alkanes of at least 4 members (excludes halogenated alkanes) is 1. The van der Waals surface area contributed by atoms with Crippen molar-refractivity contribution >= 4 is 81.4 Å². The molecule has 5 nitrogen and oxygen atoms in total. The molecule has 0 aromatic rings. The zero-order valence-electron chi connectivity index (χ0n) is 14.4. The Kier molecular flexibility index (Phi) is 4.43. The van der Waals surface area contributed by atoms with Gasteiger partial charge in [-0.3, -0.25) is 14.4 Å². The number of ether oxygens (including phenoxy) is 1. The summed E-state index contributed by atoms with van der Waals surface area (Å²) in [6, 6.07) is 0. The van der Waals surface area contributed by atoms with Gasteiger partial charge in [0, 0.05) is 11.8 Å². The molecule has 3 saturated heterocycles. The molecule has 8 atom stereocenters. The van der Waals surface area contributed by atoms with E-state index in [4.69, 9.17) is 79.2 Å². The van der Waals surface area contributed by atoms with Gasteiger partial charge in [0.25, 0.3) is 11.8 Å². The number of allylic oxidation sites excluding steroid dienone is 2. The minimum absolute atomic E-state index is 0.0672. The summed E-state index contributed by atoms with van der Waals surface area (Å²) < 4.78 is 4.35. The van der Waals surface area contributed by atoms with E-state index in [9.17, 15) is 9.59 Å². The van der Waals surface area contributed by atoms with Gasteiger partial charge in [0.15, 0.2) is 4.33 Å². The lowest BCUT2D eigenvalue weighted by atomic mass is 9.65. The molecule has 3 aliphatic heterocycles. The Morgan fingerprint density at radius 1 is 0.964 bits per heavy atom. The van der Waals surface area contributed by atoms with Crippen LogP contribution in [-0.2, 0) is 19.2 Å². The molecule has 0 radical (unpaired) electrons. The van der Waals surface area contributed by atoms with E-state index in [0.717, 1.165) is 17.9 Å². The van der Waals surface area contributed by atoms with Crippen molar-refractivity contribution in [1.82, 2.24) is 5.06 Å². The normalized spacial score (nSPS) is 50.2. The van der Waals surface area contributed by atoms with E-state index in [1.54, 1.807) is 0 Å². The molecule has 0 aromatic heterocycles. The molecule has 2 amide bonds. The molecule has 28 heavy (non-hydrogen) atoms. The first kappa shape index (κ1) is 20.4. The molecule has 1 saturated carbocycles. The van der Waals surface area contributed by atoms with Gasteiger partial charge in [0.2, 0.25) is 0 Å². The molecule has 4 bridgehead atoms. The van der Waals surface area contributed by atoms with Gasteiger partial charge in [0.05, 0.1) is 40.7 Å². The minimum Gasteiger partial charge on any atom is -0.373 e. The van der Waals surface area contributed by atoms with Crippen molar-refractivity contribution in [2.24, 2.45) is 23.7 Å². The van der Waals surface area contributed by atoms with E-state index in [0.29, 0.717) is 0 Å². The lowest BCUT2D eigenvalue weighted by molar-refractivity contribution is -0.192. The summed E-state index contributed by atoms with van der Waals surface area (Å²) in [4.78, 5) is 28.3. The second-order valence-electron chi connectivity index (χ2n) is 7.95. The fourth-order valence-electron chi connectivity index (χ4n) is 5.70. The van der Waals surface area contributed by atoms with E-state index >= 15 is 0 Å². The third-order valence-corrected chi connectivity index (χ3v) is 11.1. The predicted molar refractivity (Wildman–Crippen MR) is 106 cm³/mol. The van der Waals surface area contributed by atoms with Crippen molar-refractivity contribution in [3.05, 3.63) is 10.1 Å². The van der Waals surface area contributed by atoms with Crippen LogP contribution in [0, 0.1) is 23.7 Å². The third-order valence-electron chi connectivity index (χ3n) is 6.86. The van der Waals surface area contributed by atoms with Gasteiger partial charge in [-0.05, 0) is 6.42 Å². The number of carbonyl (C=O) groups excluding carboxylic acids is 2. The smallest absolute Gasteiger partial charge is 0.260 e. The van der Waals surface area contributed by atoms with Gasteiger partial charge < -0.3 is 4.74 Å². The van der Waals surface area contributed by atoms with Crippen LogP contribution in [0.15, 0.2) is 10.1 Å². The van der Waals surface area contributed by atoms with Gasteiger partial charge in [-0.1, -0.05) is 59.7 Å². The molecule has 154 valence electrons. The van der Waals surface area contributed by atoms with Crippen LogP contribution in [0.25, 0.3) is 0 Å². The number of amides is 2. The number of rotatable bonds is 4. The van der Waals surface area contributed by atoms with Crippen LogP contribution in [0.5, 0.6) is 0 Å². The van der Waals surface area contributed by atoms with E-state index in [2.05, 4.69) is 0 Å². The average Bonchev–Trinajstić information content (AvgIpc) is 3.34. The maximum atomic E-state index is 13.0. The highest BCUT2D eigenvalue weighted by Gasteiger charge is 2.90. The van der Waals surface area contributed by atoms with Crippen molar-refractivity contribution in [3.8, 4) is 0 Å². The topological polar surface area (TPSA) is 55.8 Å². The number of hydroxylamine groups is 2. The van der Waals surface area contributed by atoms with Gasteiger partial charge in [-0.15, -0.1) is 23.2 Å². The van der Waals surface area contributed by atoms with Crippen molar-refractivity contribution in [1.29, 1.82) is 0 Å². The Morgan fingerprint density at radius 3 is 1.86 bits per heavy atom. The fourth-order valence-corrected chi connectivity index (χ4v) is 8.76. The first-order valence-corrected chi connectivity index (χ1v) is 11.3. The Balaban J connectivity index is 1.55. The molecule has 0 unspecified atom stereocenters. The molecular weight excluding hydrogens is 495 g/mol. The number of hydrogen-bond acceptors (Lipinski definition) is 4. The molecular formula is C17H15Cl6NO4. The van der Waals surface area contributed by atoms with E-state index in [1.807, 2.05) is 6.92 Å². The summed E-state index contributed by atoms with van der Waals surface area (Å²) in [5, 5.41) is 0.999. The van der Waals surface area contributed by atoms with E-state index in [1.165, 1.54) is 0 Å². The van der Waals surface area contributed by atoms with E-state index in [-0.39, 0.29) is 16.7 Å². The van der Waals surface area contributed by atoms with Crippen molar-refractivity contribution in [3.63, 3.8) is 0 Å². The van der Waals surface area contributed by atoms with Gasteiger partial charge in [-0.25, -0.2) is 0 Å². The molecule has 4 fully saturated rings. The summed E-state index contributed by atoms with van der Waals surface area (Å²) in [7, 11) is 0. The Labute approximate surface area is 191 Å². The fraction of sp³-hybridized carbons (Fsp3) is 0.765. The quantitative estimate of drug-likeness (QED) is 0.324. The minimum atomic E-state index is -1.71. The van der Waals surface area contributed by atoms with Crippen LogP contribution < -0.4 is 0 Å². The molecule has 5 rings (SSSR count). The summed E-state index contributed by atoms with van der Waals surface area (Å²) in [6.07, 6.45) is 0.197. The highest BCUT2D eigenvalue weighted by molar-refractivity contribution is 6.65. The number of alkyl halides is 4. The number of imide groups is 1. The van der Waals surface area contributed by atoms with Crippen molar-refractivity contribution in [2.75, 3.05) is 6.61 Å². The van der Waals surface area contributed by atoms with Gasteiger partial charge in [-0.2, -0.15) is 5.06 Å². The Morgan fingerprint density at radius 2 is 1.43 bits per heavy atom. The third kappa shape index (κ3) is 1.90. The lowest BCUT2D eigenvalue weighted by Gasteiger charge is -2.39. The average molecular weight is 510 g/mol. The number of fused-ring (bicyclic) bond motifs is 12. The predicted octanol–water partition coefficient (Wildman–Crippen LogP) is 4.18. The number of carbonyl (C=O) groups is 2. The maximum absolute atomic E-state index is 13.0. The monoisotopic (exact) mass is 507 g/mol. The highest BCUT2D eigenvalue weighted by atomic mass is 35.5. The number of halogens is 6. The van der Waals surface area contributed by atoms with Gasteiger partial charge >= 0.3 is 0 Å². The van der Waals surface area contributed by atoms with Crippen LogP contribution in [0.1, 0.15) is 19.8 Å². The van der Waals surface area contributed by atoms with Gasteiger partial charge in [0.1, 0.15) is 9.75 Å². The first-order valence-electron chi connectivity index (χ1n) is 9.04. The molecule has 0 N–H and O–H groups in total. The summed E-state index contributed by atoms with van der Waals surface area (Å²) in [5.41, 5.74) is 0. The zero-order chi connectivity index (χ0) is 20.4. The second-order valence-corrected chi connectivity index (χ2v) is 11.2. The van der Waals surface area contributed by atoms with Crippen molar-refractivity contribution < 1.29 is 19.2 Å².